The van der Waals surface area contributed by atoms with Crippen LogP contribution in [0, 0.1) is 31.9 Å². The summed E-state index contributed by atoms with van der Waals surface area (Å²) in [6.45, 7) is 0. The van der Waals surface area contributed by atoms with E-state index in [0.717, 1.165) is 24.3 Å². The average molecular weight is 653 g/mol. The molecule has 0 N–H and O–H groups in total. The summed E-state index contributed by atoms with van der Waals surface area (Å²) >= 11 is 12.4. The lowest BCUT2D eigenvalue weighted by molar-refractivity contribution is -0.384. The van der Waals surface area contributed by atoms with E-state index in [0.29, 0.717) is 36.4 Å². The van der Waals surface area contributed by atoms with Crippen LogP contribution < -0.4 is 4.74 Å². The van der Waals surface area contributed by atoms with Crippen LogP contribution in [-0.4, -0.2) is 9.85 Å². The molecule has 0 bridgehead atoms. The molecule has 0 aromatic heterocycles. The number of ether oxygens (including phenoxy) is 1. The largest absolute Gasteiger partial charge is 0.448 e. The van der Waals surface area contributed by atoms with Crippen molar-refractivity contribution in [1.29, 1.82) is 0 Å². The first-order valence-corrected chi connectivity index (χ1v) is 12.0. The number of nitrogens with zero attached hydrogens (tertiary/aromatic N) is 2. The summed E-state index contributed by atoms with van der Waals surface area (Å²) in [7, 11) is 0. The summed E-state index contributed by atoms with van der Waals surface area (Å²) in [4.78, 5) is 21.1. The maximum Gasteiger partial charge on any atom is 0.416 e. The molecular weight excluding hydrogens is 643 g/mol. The predicted molar refractivity (Wildman–Crippen MR) is 137 cm³/mol. The quantitative estimate of drug-likeness (QED) is 0.117. The molecule has 0 aliphatic heterocycles. The Morgan fingerprint density at radius 3 is 1.16 bits per heavy atom. The van der Waals surface area contributed by atoms with Gasteiger partial charge in [0, 0.05) is 0 Å². The molecule has 0 saturated carbocycles. The number of alkyl halides is 6. The maximum atomic E-state index is 15.1. The first-order chi connectivity index (χ1) is 19.9. The van der Waals surface area contributed by atoms with Gasteiger partial charge in [0.2, 0.25) is 0 Å². The molecule has 224 valence electrons. The van der Waals surface area contributed by atoms with E-state index in [9.17, 15) is 46.6 Å². The monoisotopic (exact) mass is 652 g/mol. The van der Waals surface area contributed by atoms with Gasteiger partial charge < -0.3 is 4.74 Å². The molecule has 43 heavy (non-hydrogen) atoms. The van der Waals surface area contributed by atoms with Crippen molar-refractivity contribution < 1.29 is 49.7 Å². The minimum absolute atomic E-state index is 0.294. The summed E-state index contributed by atoms with van der Waals surface area (Å²) in [5.74, 6) is -5.32. The molecule has 4 aromatic carbocycles. The molecule has 4 rings (SSSR count). The third kappa shape index (κ3) is 6.17. The molecule has 4 aromatic rings. The summed E-state index contributed by atoms with van der Waals surface area (Å²) in [6.07, 6.45) is -9.53. The van der Waals surface area contributed by atoms with Crippen LogP contribution in [0.5, 0.6) is 11.5 Å². The summed E-state index contributed by atoms with van der Waals surface area (Å²) in [5.41, 5.74) is -6.10. The number of benzene rings is 4. The van der Waals surface area contributed by atoms with E-state index in [1.165, 1.54) is 0 Å². The highest BCUT2D eigenvalue weighted by Crippen LogP contribution is 2.50. The van der Waals surface area contributed by atoms with E-state index in [-0.39, 0.29) is 11.1 Å². The number of hydrogen-bond donors (Lipinski definition) is 0. The van der Waals surface area contributed by atoms with Crippen LogP contribution in [0.4, 0.5) is 46.5 Å². The average Bonchev–Trinajstić information content (AvgIpc) is 2.91. The van der Waals surface area contributed by atoms with Crippen molar-refractivity contribution in [1.82, 2.24) is 0 Å². The molecule has 0 saturated heterocycles. The Balaban J connectivity index is 1.91. The van der Waals surface area contributed by atoms with Crippen molar-refractivity contribution in [2.45, 2.75) is 12.4 Å². The number of nitro benzene ring substituents is 2. The lowest BCUT2D eigenvalue weighted by Gasteiger charge is -2.16. The van der Waals surface area contributed by atoms with E-state index in [2.05, 4.69) is 0 Å². The van der Waals surface area contributed by atoms with E-state index in [1.807, 2.05) is 0 Å². The molecule has 0 spiro atoms. The maximum absolute atomic E-state index is 15.1. The Labute approximate surface area is 244 Å². The molecule has 0 fully saturated rings. The highest BCUT2D eigenvalue weighted by atomic mass is 35.5. The third-order valence-corrected chi connectivity index (χ3v) is 6.63. The Hall–Kier alpha value is -4.50. The molecule has 0 amide bonds. The van der Waals surface area contributed by atoms with Gasteiger partial charge in [-0.1, -0.05) is 47.5 Å². The Morgan fingerprint density at radius 2 is 0.907 bits per heavy atom. The van der Waals surface area contributed by atoms with E-state index in [4.69, 9.17) is 27.9 Å². The van der Waals surface area contributed by atoms with Crippen molar-refractivity contribution in [2.24, 2.45) is 0 Å². The van der Waals surface area contributed by atoms with Gasteiger partial charge in [-0.05, 0) is 35.4 Å². The second kappa shape index (κ2) is 11.3. The molecule has 0 atom stereocenters. The van der Waals surface area contributed by atoms with E-state index >= 15 is 8.78 Å². The van der Waals surface area contributed by atoms with Crippen LogP contribution in [0.2, 0.25) is 10.0 Å². The van der Waals surface area contributed by atoms with E-state index in [1.54, 1.807) is 0 Å². The second-order valence-electron chi connectivity index (χ2n) is 8.56. The van der Waals surface area contributed by atoms with Gasteiger partial charge in [0.25, 0.3) is 11.4 Å². The van der Waals surface area contributed by atoms with Gasteiger partial charge in [-0.3, -0.25) is 20.2 Å². The standard InChI is InChI=1S/C26H10Cl2F8N2O5/c27-21-19(11-1-5-13(6-2-11)25(31,32)33)17(37(39)40)9-15(29)23(21)43-24-16(30)10-18(38(41)42)20(22(24)28)12-3-7-14(8-4-12)26(34,35)36/h1-10H. The molecule has 0 heterocycles. The minimum Gasteiger partial charge on any atom is -0.448 e. The molecule has 0 aliphatic carbocycles. The summed E-state index contributed by atoms with van der Waals surface area (Å²) in [5, 5.41) is 21.5. The number of nitro groups is 2. The van der Waals surface area contributed by atoms with Gasteiger partial charge in [0.05, 0.1) is 44.2 Å². The van der Waals surface area contributed by atoms with Crippen LogP contribution in [0.15, 0.2) is 60.7 Å². The van der Waals surface area contributed by atoms with Gasteiger partial charge >= 0.3 is 12.4 Å². The number of halogens is 10. The fourth-order valence-electron chi connectivity index (χ4n) is 3.96. The minimum atomic E-state index is -4.76. The molecule has 0 unspecified atom stereocenters. The second-order valence-corrected chi connectivity index (χ2v) is 9.31. The first kappa shape index (κ1) is 31.4. The molecular formula is C26H10Cl2F8N2O5. The zero-order valence-electron chi connectivity index (χ0n) is 20.5. The Kier molecular flexibility index (Phi) is 8.26. The lowest BCUT2D eigenvalue weighted by Crippen LogP contribution is -2.05. The van der Waals surface area contributed by atoms with Crippen molar-refractivity contribution in [3.63, 3.8) is 0 Å². The van der Waals surface area contributed by atoms with Gasteiger partial charge in [-0.15, -0.1) is 0 Å². The van der Waals surface area contributed by atoms with Crippen LogP contribution in [0.3, 0.4) is 0 Å². The van der Waals surface area contributed by atoms with Crippen molar-refractivity contribution in [3.05, 3.63) is 114 Å². The fraction of sp³-hybridized carbons (Fsp3) is 0.0769. The highest BCUT2D eigenvalue weighted by Gasteiger charge is 2.34. The summed E-state index contributed by atoms with van der Waals surface area (Å²) < 4.78 is 113. The number of rotatable bonds is 6. The smallest absolute Gasteiger partial charge is 0.416 e. The normalized spacial score (nSPS) is 11.9. The zero-order chi connectivity index (χ0) is 32.0. The molecule has 0 radical (unpaired) electrons. The lowest BCUT2D eigenvalue weighted by atomic mass is 10.0. The molecule has 7 nitrogen and oxygen atoms in total. The summed E-state index contributed by atoms with van der Waals surface area (Å²) in [6, 6.07) is 6.10. The Morgan fingerprint density at radius 1 is 0.605 bits per heavy atom. The van der Waals surface area contributed by atoms with Crippen molar-refractivity contribution in [3.8, 4) is 33.8 Å². The van der Waals surface area contributed by atoms with Gasteiger partial charge in [0.15, 0.2) is 23.1 Å². The van der Waals surface area contributed by atoms with Crippen LogP contribution in [0.1, 0.15) is 11.1 Å². The SMILES string of the molecule is O=[N+]([O-])c1cc(F)c(Oc2c(F)cc([N+](=O)[O-])c(-c3ccc(C(F)(F)F)cc3)c2Cl)c(Cl)c1-c1ccc(C(F)(F)F)cc1. The molecule has 17 heteroatoms. The Bertz CT molecular complexity index is 1630. The van der Waals surface area contributed by atoms with Gasteiger partial charge in [0.1, 0.15) is 10.0 Å². The van der Waals surface area contributed by atoms with Gasteiger partial charge in [-0.2, -0.15) is 26.3 Å². The fourth-order valence-corrected chi connectivity index (χ4v) is 4.62. The molecule has 0 aliphatic rings. The zero-order valence-corrected chi connectivity index (χ0v) is 22.0. The van der Waals surface area contributed by atoms with Crippen molar-refractivity contribution in [2.75, 3.05) is 0 Å². The van der Waals surface area contributed by atoms with Crippen molar-refractivity contribution >= 4 is 34.6 Å². The van der Waals surface area contributed by atoms with Gasteiger partial charge in [-0.25, -0.2) is 8.78 Å². The predicted octanol–water partition coefficient (Wildman–Crippen LogP) is 10.3. The van der Waals surface area contributed by atoms with E-state index < -0.39 is 89.0 Å². The van der Waals surface area contributed by atoms with Crippen LogP contribution in [-0.2, 0) is 12.4 Å². The topological polar surface area (TPSA) is 95.5 Å². The first-order valence-electron chi connectivity index (χ1n) is 11.3. The number of hydrogen-bond acceptors (Lipinski definition) is 5. The van der Waals surface area contributed by atoms with Crippen LogP contribution in [0.25, 0.3) is 22.3 Å². The highest BCUT2D eigenvalue weighted by molar-refractivity contribution is 6.36. The third-order valence-electron chi connectivity index (χ3n) is 5.91. The van der Waals surface area contributed by atoms with Crippen LogP contribution >= 0.6 is 23.2 Å².